The molecule has 30 heteroatoms. The van der Waals surface area contributed by atoms with Gasteiger partial charge in [0.05, 0.1) is 6.61 Å². The van der Waals surface area contributed by atoms with Gasteiger partial charge in [-0.05, 0) is 141 Å². The van der Waals surface area contributed by atoms with Crippen LogP contribution in [-0.4, -0.2) is 196 Å². The largest absolute Gasteiger partial charge is 0.508 e. The molecule has 2 heterocycles. The number of nitrogens with zero attached hydrogens (tertiary/aromatic N) is 3. The van der Waals surface area contributed by atoms with E-state index in [1.54, 1.807) is 36.4 Å². The predicted molar refractivity (Wildman–Crippen MR) is 395 cm³/mol. The minimum atomic E-state index is -1.82. The Labute approximate surface area is 617 Å². The lowest BCUT2D eigenvalue weighted by atomic mass is 9.99. The number of phenolic OH excluding ortho intramolecular Hbond substituents is 1. The van der Waals surface area contributed by atoms with Gasteiger partial charge in [0, 0.05) is 76.2 Å². The summed E-state index contributed by atoms with van der Waals surface area (Å²) in [6.45, 7) is 10.1. The molecule has 0 saturated carbocycles. The molecular formula is C75H102ClN15O14. The summed E-state index contributed by atoms with van der Waals surface area (Å²) in [6.07, 6.45) is 4.64. The Morgan fingerprint density at radius 2 is 1.11 bits per heavy atom. The summed E-state index contributed by atoms with van der Waals surface area (Å²) >= 11 is 6.25. The van der Waals surface area contributed by atoms with Crippen LogP contribution in [0.25, 0.3) is 10.8 Å². The molecule has 1 aliphatic rings. The summed E-state index contributed by atoms with van der Waals surface area (Å²) in [5.41, 5.74) is 12.9. The fourth-order valence-corrected chi connectivity index (χ4v) is 12.3. The van der Waals surface area contributed by atoms with E-state index in [-0.39, 0.29) is 95.0 Å². The van der Waals surface area contributed by atoms with E-state index in [0.717, 1.165) is 15.7 Å². The molecule has 16 N–H and O–H groups in total. The molecule has 568 valence electrons. The van der Waals surface area contributed by atoms with E-state index in [2.05, 4.69) is 58.2 Å². The summed E-state index contributed by atoms with van der Waals surface area (Å²) in [7, 11) is 1.24. The van der Waals surface area contributed by atoms with Crippen LogP contribution in [0.3, 0.4) is 0 Å². The van der Waals surface area contributed by atoms with Crippen LogP contribution in [0.2, 0.25) is 5.02 Å². The number of carbonyl (C=O) groups excluding carboxylic acids is 12. The molecule has 5 aromatic rings. The molecule has 105 heavy (non-hydrogen) atoms. The molecule has 1 aliphatic heterocycles. The molecule has 13 amide bonds. The fourth-order valence-electron chi connectivity index (χ4n) is 12.2. The lowest BCUT2D eigenvalue weighted by molar-refractivity contribution is -0.144. The fraction of sp³-hybridized carbons (Fsp3) is 0.480. The number of likely N-dealkylation sites (N-methyl/N-ethyl adjacent to an activating group) is 1. The van der Waals surface area contributed by atoms with E-state index in [0.29, 0.717) is 53.1 Å². The Morgan fingerprint density at radius 1 is 0.581 bits per heavy atom. The van der Waals surface area contributed by atoms with Crippen molar-refractivity contribution < 1.29 is 67.7 Å². The van der Waals surface area contributed by atoms with Crippen molar-refractivity contribution in [3.8, 4) is 5.75 Å². The van der Waals surface area contributed by atoms with Gasteiger partial charge < -0.3 is 84.6 Å². The summed E-state index contributed by atoms with van der Waals surface area (Å²) in [4.78, 5) is 175. The van der Waals surface area contributed by atoms with E-state index < -0.39 is 138 Å². The SMILES string of the molecule is CC(=O)N[C@H](Cc1ccc2ccccc2c1)C(=O)N[C@H](Cc1ccc(Cl)cc1)C(=O)N[C@H](Cc1cccnc1)C(=O)N[C@@H](CO)C(=O)N(C)[C@@H](Cc1ccc(O)cc1)C(=O)N[C@H](CCCCNC(N)=O)C(=O)N[C@@H](CC(C)C)C(=O)N[C@@H](CCCCNC(C)C)C(=O)N1CCC[C@H]1C(=O)N[C@H](C)C(N)=O. The second kappa shape index (κ2) is 41.9. The number of primary amides is 2. The van der Waals surface area contributed by atoms with Gasteiger partial charge in [0.2, 0.25) is 65.0 Å². The highest BCUT2D eigenvalue weighted by molar-refractivity contribution is 6.30. The number of likely N-dealkylation sites (tertiary alicyclic amines) is 1. The van der Waals surface area contributed by atoms with Crippen molar-refractivity contribution in [2.45, 2.75) is 191 Å². The number of aromatic hydroxyl groups is 1. The van der Waals surface area contributed by atoms with E-state index in [1.165, 1.54) is 62.5 Å². The first kappa shape index (κ1) is 83.7. The van der Waals surface area contributed by atoms with Crippen LogP contribution in [-0.2, 0) is 78.4 Å². The number of fused-ring (bicyclic) bond motifs is 1. The highest BCUT2D eigenvalue weighted by Gasteiger charge is 2.41. The normalized spacial score (nSPS) is 15.3. The average Bonchev–Trinajstić information content (AvgIpc) is 1.81. The maximum absolute atomic E-state index is 15.2. The van der Waals surface area contributed by atoms with Crippen LogP contribution in [0.4, 0.5) is 4.79 Å². The molecule has 10 atom stereocenters. The maximum Gasteiger partial charge on any atom is 0.312 e. The van der Waals surface area contributed by atoms with Gasteiger partial charge in [-0.2, -0.15) is 0 Å². The van der Waals surface area contributed by atoms with Crippen LogP contribution < -0.4 is 64.6 Å². The quantitative estimate of drug-likeness (QED) is 0.0249. The van der Waals surface area contributed by atoms with Crippen LogP contribution in [0.15, 0.2) is 116 Å². The number of unbranched alkanes of at least 4 members (excludes halogenated alkanes) is 2. The second-order valence-corrected chi connectivity index (χ2v) is 27.7. The highest BCUT2D eigenvalue weighted by Crippen LogP contribution is 2.23. The number of halogens is 1. The topological polar surface area (TPSA) is 437 Å². The van der Waals surface area contributed by atoms with Crippen molar-refractivity contribution in [1.29, 1.82) is 0 Å². The molecule has 1 saturated heterocycles. The number of carbonyl (C=O) groups is 12. The predicted octanol–water partition coefficient (Wildman–Crippen LogP) is 2.13. The summed E-state index contributed by atoms with van der Waals surface area (Å²) in [5.74, 6) is -8.91. The Balaban J connectivity index is 1.28. The van der Waals surface area contributed by atoms with Crippen LogP contribution in [0, 0.1) is 5.92 Å². The molecule has 6 rings (SSSR count). The number of nitrogens with two attached hydrogens (primary N) is 2. The number of benzene rings is 4. The van der Waals surface area contributed by atoms with E-state index in [9.17, 15) is 58.2 Å². The van der Waals surface area contributed by atoms with E-state index >= 15 is 9.59 Å². The molecule has 0 spiro atoms. The maximum atomic E-state index is 15.2. The molecule has 0 bridgehead atoms. The van der Waals surface area contributed by atoms with E-state index in [4.69, 9.17) is 23.1 Å². The van der Waals surface area contributed by atoms with Crippen molar-refractivity contribution >= 4 is 93.4 Å². The van der Waals surface area contributed by atoms with Gasteiger partial charge >= 0.3 is 6.03 Å². The second-order valence-electron chi connectivity index (χ2n) is 27.3. The molecule has 0 unspecified atom stereocenters. The lowest BCUT2D eigenvalue weighted by Gasteiger charge is -2.33. The number of pyridine rings is 1. The van der Waals surface area contributed by atoms with Crippen molar-refractivity contribution in [1.82, 2.24) is 68.0 Å². The van der Waals surface area contributed by atoms with Crippen molar-refractivity contribution in [2.75, 3.05) is 33.3 Å². The first-order chi connectivity index (χ1) is 50.0. The number of hydrogen-bond donors (Lipinski definition) is 14. The van der Waals surface area contributed by atoms with Gasteiger partial charge in [0.15, 0.2) is 0 Å². The first-order valence-electron chi connectivity index (χ1n) is 35.5. The molecule has 0 radical (unpaired) electrons. The van der Waals surface area contributed by atoms with Gasteiger partial charge in [-0.3, -0.25) is 57.7 Å². The van der Waals surface area contributed by atoms with Crippen molar-refractivity contribution in [3.05, 3.63) is 143 Å². The zero-order valence-electron chi connectivity index (χ0n) is 60.6. The van der Waals surface area contributed by atoms with Gasteiger partial charge in [-0.1, -0.05) is 112 Å². The smallest absolute Gasteiger partial charge is 0.312 e. The lowest BCUT2D eigenvalue weighted by Crippen LogP contribution is -2.62. The van der Waals surface area contributed by atoms with E-state index in [1.807, 2.05) is 70.2 Å². The van der Waals surface area contributed by atoms with Crippen LogP contribution >= 0.6 is 11.6 Å². The van der Waals surface area contributed by atoms with Gasteiger partial charge in [0.1, 0.15) is 66.2 Å². The first-order valence-corrected chi connectivity index (χ1v) is 35.9. The minimum Gasteiger partial charge on any atom is -0.508 e. The number of phenols is 1. The highest BCUT2D eigenvalue weighted by atomic mass is 35.5. The standard InChI is InChI=1S/C75H102ClN15O14/c1-44(2)36-58(67(97)85-57(20-11-12-33-80-45(3)4)74(104)91-35-15-21-63(91)71(101)82-46(5)65(77)95)86-66(96)56(19-10-13-34-81-75(78)105)84-72(102)64(41-49-25-30-55(94)31-26-49)90(7)73(103)62(43-92)89-70(100)61(40-51-16-14-32-79-42-51)88-69(99)60(38-48-23-28-54(76)29-24-48)87-68(98)59(83-47(6)93)39-50-22-27-52-17-8-9-18-53(52)37-50/h8-9,14,16-18,22-32,37,42,44-46,56-64,80,92,94H,10-13,15,19-21,33-36,38-41,43H2,1-7H3,(H2,77,95)(H,82,101)(H,83,93)(H,84,102)(H,85,97)(H,86,96)(H,87,98)(H,88,99)(H,89,100)(H3,78,81,105)/t46-,56-,57+,58+,59-,60-,61-,62+,63+,64+/m1/s1. The molecule has 1 fully saturated rings. The Morgan fingerprint density at radius 3 is 1.71 bits per heavy atom. The minimum absolute atomic E-state index is 0.0331. The van der Waals surface area contributed by atoms with Gasteiger partial charge in [-0.25, -0.2) is 4.79 Å². The summed E-state index contributed by atoms with van der Waals surface area (Å²) in [6, 6.07) is 14.6. The molecule has 29 nitrogen and oxygen atoms in total. The number of hydrogen-bond acceptors (Lipinski definition) is 16. The summed E-state index contributed by atoms with van der Waals surface area (Å²) in [5, 5.41) is 51.2. The third-order valence-corrected chi connectivity index (χ3v) is 18.2. The van der Waals surface area contributed by atoms with Crippen molar-refractivity contribution in [3.63, 3.8) is 0 Å². The number of aliphatic hydroxyl groups is 1. The molecule has 4 aromatic carbocycles. The van der Waals surface area contributed by atoms with Crippen LogP contribution in [0.1, 0.15) is 122 Å². The van der Waals surface area contributed by atoms with Gasteiger partial charge in [-0.15, -0.1) is 0 Å². The number of aromatic nitrogens is 1. The third kappa shape index (κ3) is 27.4. The van der Waals surface area contributed by atoms with Gasteiger partial charge in [0.25, 0.3) is 0 Å². The number of urea groups is 1. The molecule has 1 aromatic heterocycles. The third-order valence-electron chi connectivity index (χ3n) is 17.9. The average molecular weight is 1470 g/mol. The van der Waals surface area contributed by atoms with Crippen molar-refractivity contribution in [2.24, 2.45) is 17.4 Å². The number of nitrogens with one attached hydrogen (secondary N) is 10. The zero-order chi connectivity index (χ0) is 76.9. The number of rotatable bonds is 41. The number of amides is 13. The summed E-state index contributed by atoms with van der Waals surface area (Å²) < 4.78 is 0. The molecule has 0 aliphatic carbocycles. The zero-order valence-corrected chi connectivity index (χ0v) is 61.3. The van der Waals surface area contributed by atoms with Crippen LogP contribution in [0.5, 0.6) is 5.75 Å². The molecular weight excluding hydrogens is 1370 g/mol. The Hall–Kier alpha value is -10.3. The monoisotopic (exact) mass is 1470 g/mol. The number of aliphatic hydroxyl groups excluding tert-OH is 1. The Bertz CT molecular complexity index is 3780. The Kier molecular flexibility index (Phi) is 33.4.